The lowest BCUT2D eigenvalue weighted by Gasteiger charge is -2.42. The predicted molar refractivity (Wildman–Crippen MR) is 100 cm³/mol. The van der Waals surface area contributed by atoms with E-state index >= 15 is 0 Å². The lowest BCUT2D eigenvalue weighted by molar-refractivity contribution is -0.243. The zero-order valence-electron chi connectivity index (χ0n) is 15.6. The number of allylic oxidation sites excluding steroid dienone is 2. The molecule has 0 bridgehead atoms. The number of aliphatic hydroxyl groups excluding tert-OH is 6. The lowest BCUT2D eigenvalue weighted by atomic mass is 9.84. The van der Waals surface area contributed by atoms with Crippen LogP contribution < -0.4 is 0 Å². The van der Waals surface area contributed by atoms with E-state index in [2.05, 4.69) is 0 Å². The topological polar surface area (TPSA) is 185 Å². The minimum atomic E-state index is -1.89. The molecule has 1 saturated heterocycles. The standard InChI is InChI=1S/C20H22O10/c21-7-11-14(24)18(28)19(29)20(30-11)13-15(25)12(16(26)17(13)27)10(23)6-3-8-1-4-9(22)5-2-8/h1-6,11,13-14,17-22,24,26-29H,7H2/t11-,13?,14-,17?,18+,19-,20?/m1/s1. The minimum absolute atomic E-state index is 0.0234. The summed E-state index contributed by atoms with van der Waals surface area (Å²) in [5.41, 5.74) is -0.169. The molecule has 0 spiro atoms. The molecule has 1 aromatic carbocycles. The molecule has 7 atom stereocenters. The maximum atomic E-state index is 12.8. The van der Waals surface area contributed by atoms with Gasteiger partial charge in [0.2, 0.25) is 0 Å². The average Bonchev–Trinajstić information content (AvgIpc) is 2.95. The number of rotatable bonds is 5. The third-order valence-electron chi connectivity index (χ3n) is 5.28. The van der Waals surface area contributed by atoms with Gasteiger partial charge in [0.25, 0.3) is 0 Å². The third kappa shape index (κ3) is 3.88. The van der Waals surface area contributed by atoms with Gasteiger partial charge in [-0.15, -0.1) is 0 Å². The molecule has 1 aliphatic heterocycles. The molecule has 0 saturated carbocycles. The second-order valence-corrected chi connectivity index (χ2v) is 7.18. The largest absolute Gasteiger partial charge is 0.509 e. The minimum Gasteiger partial charge on any atom is -0.509 e. The number of aromatic hydroxyl groups is 1. The zero-order valence-corrected chi connectivity index (χ0v) is 15.6. The number of ether oxygens (including phenoxy) is 1. The molecule has 1 heterocycles. The van der Waals surface area contributed by atoms with Gasteiger partial charge >= 0.3 is 0 Å². The first-order valence-electron chi connectivity index (χ1n) is 9.14. The Morgan fingerprint density at radius 3 is 2.23 bits per heavy atom. The number of benzene rings is 1. The van der Waals surface area contributed by atoms with Crippen molar-refractivity contribution >= 4 is 17.6 Å². The van der Waals surface area contributed by atoms with Crippen LogP contribution in [0.1, 0.15) is 5.56 Å². The summed E-state index contributed by atoms with van der Waals surface area (Å²) in [6.07, 6.45) is -7.72. The molecular formula is C20H22O10. The summed E-state index contributed by atoms with van der Waals surface area (Å²) in [6.45, 7) is -0.737. The second kappa shape index (κ2) is 8.64. The molecular weight excluding hydrogens is 400 g/mol. The quantitative estimate of drug-likeness (QED) is 0.211. The molecule has 1 aromatic rings. The highest BCUT2D eigenvalue weighted by molar-refractivity contribution is 6.27. The van der Waals surface area contributed by atoms with Crippen LogP contribution in [-0.2, 0) is 14.3 Å². The number of carbonyl (C=O) groups excluding carboxylic acids is 2. The molecule has 3 rings (SSSR count). The number of Topliss-reactive ketones (excluding diaryl/α,β-unsaturated/α-hetero) is 1. The number of phenols is 1. The van der Waals surface area contributed by atoms with Crippen molar-refractivity contribution in [3.8, 4) is 5.75 Å². The Hall–Kier alpha value is -2.60. The van der Waals surface area contributed by atoms with Crippen LogP contribution in [0.5, 0.6) is 5.75 Å². The summed E-state index contributed by atoms with van der Waals surface area (Å²) >= 11 is 0. The fourth-order valence-corrected chi connectivity index (χ4v) is 3.60. The van der Waals surface area contributed by atoms with Gasteiger partial charge in [-0.1, -0.05) is 18.2 Å². The van der Waals surface area contributed by atoms with Crippen molar-refractivity contribution in [3.05, 3.63) is 47.2 Å². The predicted octanol–water partition coefficient (Wildman–Crippen LogP) is -1.81. The fraction of sp³-hybridized carbons (Fsp3) is 0.400. The molecule has 2 aliphatic rings. The molecule has 30 heavy (non-hydrogen) atoms. The van der Waals surface area contributed by atoms with Crippen LogP contribution in [0.2, 0.25) is 0 Å². The first-order chi connectivity index (χ1) is 14.2. The van der Waals surface area contributed by atoms with Gasteiger partial charge in [0.05, 0.1) is 18.6 Å². The van der Waals surface area contributed by atoms with Crippen LogP contribution in [0.15, 0.2) is 41.7 Å². The van der Waals surface area contributed by atoms with E-state index in [0.29, 0.717) is 5.56 Å². The number of phenolic OH excluding ortho intramolecular Hbond substituents is 1. The van der Waals surface area contributed by atoms with Gasteiger partial charge in [-0.2, -0.15) is 0 Å². The van der Waals surface area contributed by atoms with Crippen molar-refractivity contribution < 1.29 is 50.1 Å². The van der Waals surface area contributed by atoms with Crippen LogP contribution in [0.25, 0.3) is 6.08 Å². The van der Waals surface area contributed by atoms with E-state index in [4.69, 9.17) is 4.74 Å². The van der Waals surface area contributed by atoms with E-state index in [1.54, 1.807) is 0 Å². The molecule has 10 heteroatoms. The number of hydrogen-bond acceptors (Lipinski definition) is 10. The highest BCUT2D eigenvalue weighted by atomic mass is 16.5. The maximum absolute atomic E-state index is 12.8. The highest BCUT2D eigenvalue weighted by Crippen LogP contribution is 2.36. The van der Waals surface area contributed by atoms with Crippen molar-refractivity contribution in [2.45, 2.75) is 36.6 Å². The normalized spacial score (nSPS) is 34.7. The Bertz CT molecular complexity index is 872. The van der Waals surface area contributed by atoms with E-state index < -0.39 is 72.0 Å². The SMILES string of the molecule is O=C(C=Cc1ccc(O)cc1)C1=C(O)C(O)C(C2O[C@H](CO)[C@@H](O)[C@H](O)[C@H]2O)C1=O. The van der Waals surface area contributed by atoms with Crippen LogP contribution in [0.4, 0.5) is 0 Å². The summed E-state index contributed by atoms with van der Waals surface area (Å²) in [5, 5.41) is 69.0. The van der Waals surface area contributed by atoms with Crippen molar-refractivity contribution in [1.29, 1.82) is 0 Å². The van der Waals surface area contributed by atoms with Crippen molar-refractivity contribution in [2.75, 3.05) is 6.61 Å². The molecule has 1 aliphatic carbocycles. The monoisotopic (exact) mass is 422 g/mol. The molecule has 7 N–H and O–H groups in total. The third-order valence-corrected chi connectivity index (χ3v) is 5.28. The first-order valence-corrected chi connectivity index (χ1v) is 9.14. The van der Waals surface area contributed by atoms with Crippen LogP contribution in [-0.4, -0.2) is 90.5 Å². The van der Waals surface area contributed by atoms with Gasteiger partial charge in [-0.05, 0) is 23.8 Å². The fourth-order valence-electron chi connectivity index (χ4n) is 3.60. The Balaban J connectivity index is 1.82. The molecule has 0 amide bonds. The van der Waals surface area contributed by atoms with E-state index in [0.717, 1.165) is 6.08 Å². The molecule has 3 unspecified atom stereocenters. The zero-order chi connectivity index (χ0) is 22.2. The van der Waals surface area contributed by atoms with Gasteiger partial charge in [-0.3, -0.25) is 9.59 Å². The van der Waals surface area contributed by atoms with Gasteiger partial charge in [0.15, 0.2) is 11.6 Å². The van der Waals surface area contributed by atoms with E-state index in [-0.39, 0.29) is 5.75 Å². The van der Waals surface area contributed by atoms with Gasteiger partial charge in [-0.25, -0.2) is 0 Å². The summed E-state index contributed by atoms with van der Waals surface area (Å²) < 4.78 is 5.29. The Morgan fingerprint density at radius 1 is 1.00 bits per heavy atom. The van der Waals surface area contributed by atoms with Gasteiger partial charge in [0.1, 0.15) is 47.6 Å². The van der Waals surface area contributed by atoms with E-state index in [1.165, 1.54) is 30.3 Å². The second-order valence-electron chi connectivity index (χ2n) is 7.18. The summed E-state index contributed by atoms with van der Waals surface area (Å²) in [6, 6.07) is 5.80. The van der Waals surface area contributed by atoms with Gasteiger partial charge in [0, 0.05) is 0 Å². The Morgan fingerprint density at radius 2 is 1.63 bits per heavy atom. The van der Waals surface area contributed by atoms with E-state index in [9.17, 15) is 45.3 Å². The Labute approximate surface area is 170 Å². The summed E-state index contributed by atoms with van der Waals surface area (Å²) in [7, 11) is 0. The van der Waals surface area contributed by atoms with Crippen LogP contribution in [0.3, 0.4) is 0 Å². The smallest absolute Gasteiger partial charge is 0.192 e. The van der Waals surface area contributed by atoms with Crippen molar-refractivity contribution in [2.24, 2.45) is 5.92 Å². The van der Waals surface area contributed by atoms with Gasteiger partial charge < -0.3 is 40.5 Å². The first kappa shape index (κ1) is 22.1. The molecule has 1 fully saturated rings. The van der Waals surface area contributed by atoms with Crippen LogP contribution >= 0.6 is 0 Å². The van der Waals surface area contributed by atoms with Crippen LogP contribution in [0, 0.1) is 5.92 Å². The molecule has 0 radical (unpaired) electrons. The number of carbonyl (C=O) groups is 2. The molecule has 0 aromatic heterocycles. The number of hydrogen-bond donors (Lipinski definition) is 7. The molecule has 10 nitrogen and oxygen atoms in total. The lowest BCUT2D eigenvalue weighted by Crippen LogP contribution is -2.62. The van der Waals surface area contributed by atoms with E-state index in [1.807, 2.05) is 0 Å². The van der Waals surface area contributed by atoms with Crippen molar-refractivity contribution in [1.82, 2.24) is 0 Å². The van der Waals surface area contributed by atoms with Crippen molar-refractivity contribution in [3.63, 3.8) is 0 Å². The summed E-state index contributed by atoms with van der Waals surface area (Å²) in [5.74, 6) is -4.42. The Kier molecular flexibility index (Phi) is 6.36. The number of ketones is 2. The molecule has 162 valence electrons. The highest BCUT2D eigenvalue weighted by Gasteiger charge is 2.55. The summed E-state index contributed by atoms with van der Waals surface area (Å²) in [4.78, 5) is 25.3. The average molecular weight is 422 g/mol. The maximum Gasteiger partial charge on any atom is 0.192 e. The number of aliphatic hydroxyl groups is 6.